The lowest BCUT2D eigenvalue weighted by atomic mass is 9.97. The Morgan fingerprint density at radius 3 is 2.63 bits per heavy atom. The molecule has 1 heterocycles. The molecular formula is C11H21NO6S. The van der Waals surface area contributed by atoms with Crippen LogP contribution in [0.2, 0.25) is 0 Å². The molecule has 4 unspecified atom stereocenters. The molecule has 1 aliphatic heterocycles. The first-order valence-electron chi connectivity index (χ1n) is 6.01. The molecular weight excluding hydrogens is 274 g/mol. The van der Waals surface area contributed by atoms with Gasteiger partial charge in [-0.05, 0) is 6.26 Å². The average molecular weight is 295 g/mol. The van der Waals surface area contributed by atoms with Crippen LogP contribution in [0, 0.1) is 0 Å². The number of carbonyl (C=O) groups excluding carboxylic acids is 1. The van der Waals surface area contributed by atoms with Crippen molar-refractivity contribution in [2.24, 2.45) is 0 Å². The van der Waals surface area contributed by atoms with Crippen molar-refractivity contribution in [3.63, 3.8) is 0 Å². The van der Waals surface area contributed by atoms with Gasteiger partial charge in [0.05, 0.1) is 13.2 Å². The Balaban J connectivity index is 2.71. The molecule has 0 spiro atoms. The second-order valence-corrected chi connectivity index (χ2v) is 5.28. The van der Waals surface area contributed by atoms with E-state index in [1.165, 1.54) is 6.92 Å². The van der Waals surface area contributed by atoms with E-state index in [9.17, 15) is 15.0 Å². The fraction of sp³-hybridized carbons (Fsp3) is 0.909. The molecule has 1 fully saturated rings. The molecule has 0 aromatic heterocycles. The number of ether oxygens (including phenoxy) is 2. The smallest absolute Gasteiger partial charge is 0.217 e. The maximum absolute atomic E-state index is 11.1. The monoisotopic (exact) mass is 295 g/mol. The van der Waals surface area contributed by atoms with Gasteiger partial charge < -0.3 is 30.1 Å². The number of nitrogens with one attached hydrogen (secondary N) is 1. The molecule has 1 amide bonds. The predicted molar refractivity (Wildman–Crippen MR) is 69.7 cm³/mol. The summed E-state index contributed by atoms with van der Waals surface area (Å²) in [4.78, 5) is 11.1. The second kappa shape index (κ2) is 8.03. The van der Waals surface area contributed by atoms with Gasteiger partial charge in [-0.25, -0.2) is 0 Å². The standard InChI is InChI=1S/C11H21NO6S/c1-6(14)12-8-10(16)9(15)7(5-13)18-11(8)17-3-4-19-2/h7-11,13,15-16H,3-5H2,1-2H3,(H,12,14)/t7?,8-,9?,10?,11?/m0/s1. The van der Waals surface area contributed by atoms with Gasteiger partial charge in [-0.15, -0.1) is 0 Å². The van der Waals surface area contributed by atoms with E-state index < -0.39 is 37.3 Å². The van der Waals surface area contributed by atoms with Crippen molar-refractivity contribution in [1.82, 2.24) is 5.32 Å². The predicted octanol–water partition coefficient (Wildman–Crippen LogP) is -1.69. The Bertz CT molecular complexity index is 292. The number of aliphatic hydroxyl groups is 3. The fourth-order valence-electron chi connectivity index (χ4n) is 1.86. The summed E-state index contributed by atoms with van der Waals surface area (Å²) in [5, 5.41) is 31.3. The lowest BCUT2D eigenvalue weighted by molar-refractivity contribution is -0.268. The minimum absolute atomic E-state index is 0.360. The number of rotatable bonds is 6. The van der Waals surface area contributed by atoms with Crippen LogP contribution in [0.3, 0.4) is 0 Å². The van der Waals surface area contributed by atoms with Gasteiger partial charge in [-0.2, -0.15) is 11.8 Å². The SMILES string of the molecule is CSCCOC1OC(CO)C(O)C(O)[C@@H]1NC(C)=O. The van der Waals surface area contributed by atoms with Gasteiger partial charge in [-0.1, -0.05) is 0 Å². The minimum Gasteiger partial charge on any atom is -0.394 e. The first-order valence-corrected chi connectivity index (χ1v) is 7.40. The van der Waals surface area contributed by atoms with Crippen LogP contribution in [0.4, 0.5) is 0 Å². The minimum atomic E-state index is -1.28. The molecule has 5 atom stereocenters. The van der Waals surface area contributed by atoms with Gasteiger partial charge in [-0.3, -0.25) is 4.79 Å². The fourth-order valence-corrected chi connectivity index (χ4v) is 2.12. The molecule has 0 aliphatic carbocycles. The zero-order chi connectivity index (χ0) is 14.4. The molecule has 0 bridgehead atoms. The number of aliphatic hydroxyl groups excluding tert-OH is 3. The quantitative estimate of drug-likeness (QED) is 0.433. The van der Waals surface area contributed by atoms with Crippen molar-refractivity contribution >= 4 is 17.7 Å². The second-order valence-electron chi connectivity index (χ2n) is 4.30. The third-order valence-corrected chi connectivity index (χ3v) is 3.40. The van der Waals surface area contributed by atoms with E-state index >= 15 is 0 Å². The molecule has 0 radical (unpaired) electrons. The Labute approximate surface area is 116 Å². The molecule has 0 aromatic carbocycles. The van der Waals surface area contributed by atoms with Gasteiger partial charge in [0.2, 0.25) is 5.91 Å². The van der Waals surface area contributed by atoms with Crippen LogP contribution in [-0.4, -0.2) is 77.1 Å². The number of carbonyl (C=O) groups is 1. The number of thioether (sulfide) groups is 1. The maximum Gasteiger partial charge on any atom is 0.217 e. The Morgan fingerprint density at radius 1 is 1.42 bits per heavy atom. The van der Waals surface area contributed by atoms with Crippen LogP contribution < -0.4 is 5.32 Å². The molecule has 4 N–H and O–H groups in total. The van der Waals surface area contributed by atoms with Gasteiger partial charge in [0.1, 0.15) is 24.4 Å². The molecule has 19 heavy (non-hydrogen) atoms. The lowest BCUT2D eigenvalue weighted by Crippen LogP contribution is -2.64. The van der Waals surface area contributed by atoms with Crippen molar-refractivity contribution in [3.8, 4) is 0 Å². The lowest BCUT2D eigenvalue weighted by Gasteiger charge is -2.42. The van der Waals surface area contributed by atoms with E-state index in [1.54, 1.807) is 11.8 Å². The maximum atomic E-state index is 11.1. The molecule has 1 rings (SSSR count). The molecule has 112 valence electrons. The number of hydrogen-bond acceptors (Lipinski definition) is 7. The number of hydrogen-bond donors (Lipinski definition) is 4. The summed E-state index contributed by atoms with van der Waals surface area (Å²) < 4.78 is 10.8. The van der Waals surface area contributed by atoms with Gasteiger partial charge in [0.15, 0.2) is 6.29 Å². The molecule has 0 saturated carbocycles. The van der Waals surface area contributed by atoms with Crippen molar-refractivity contribution in [1.29, 1.82) is 0 Å². The molecule has 8 heteroatoms. The van der Waals surface area contributed by atoms with Crippen LogP contribution in [-0.2, 0) is 14.3 Å². The average Bonchev–Trinajstić information content (AvgIpc) is 2.37. The first-order chi connectivity index (χ1) is 9.01. The first kappa shape index (κ1) is 16.7. The Morgan fingerprint density at radius 2 is 2.11 bits per heavy atom. The summed E-state index contributed by atoms with van der Waals surface area (Å²) in [5.41, 5.74) is 0. The van der Waals surface area contributed by atoms with Gasteiger partial charge >= 0.3 is 0 Å². The molecule has 7 nitrogen and oxygen atoms in total. The summed E-state index contributed by atoms with van der Waals surface area (Å²) in [6, 6.07) is -0.864. The third-order valence-electron chi connectivity index (χ3n) is 2.82. The van der Waals surface area contributed by atoms with Crippen molar-refractivity contribution < 1.29 is 29.6 Å². The van der Waals surface area contributed by atoms with Crippen LogP contribution in [0.5, 0.6) is 0 Å². The van der Waals surface area contributed by atoms with Crippen molar-refractivity contribution in [2.75, 3.05) is 25.2 Å². The zero-order valence-corrected chi connectivity index (χ0v) is 11.8. The van der Waals surface area contributed by atoms with Gasteiger partial charge in [0, 0.05) is 12.7 Å². The summed E-state index contributed by atoms with van der Waals surface area (Å²) in [7, 11) is 0. The van der Waals surface area contributed by atoms with E-state index in [0.29, 0.717) is 6.61 Å². The highest BCUT2D eigenvalue weighted by atomic mass is 32.2. The van der Waals surface area contributed by atoms with Crippen molar-refractivity contribution in [3.05, 3.63) is 0 Å². The molecule has 0 aromatic rings. The van der Waals surface area contributed by atoms with E-state index in [4.69, 9.17) is 14.6 Å². The topological polar surface area (TPSA) is 108 Å². The highest BCUT2D eigenvalue weighted by Gasteiger charge is 2.45. The van der Waals surface area contributed by atoms with Crippen LogP contribution >= 0.6 is 11.8 Å². The molecule has 1 saturated heterocycles. The Hall–Kier alpha value is -0.380. The summed E-state index contributed by atoms with van der Waals surface area (Å²) >= 11 is 1.58. The summed E-state index contributed by atoms with van der Waals surface area (Å²) in [6.07, 6.45) is -2.44. The summed E-state index contributed by atoms with van der Waals surface area (Å²) in [5.74, 6) is 0.371. The van der Waals surface area contributed by atoms with E-state index in [0.717, 1.165) is 5.75 Å². The largest absolute Gasteiger partial charge is 0.394 e. The van der Waals surface area contributed by atoms with E-state index in [1.807, 2.05) is 6.26 Å². The van der Waals surface area contributed by atoms with Crippen LogP contribution in [0.15, 0.2) is 0 Å². The summed E-state index contributed by atoms with van der Waals surface area (Å²) in [6.45, 7) is 1.24. The highest BCUT2D eigenvalue weighted by molar-refractivity contribution is 7.98. The zero-order valence-electron chi connectivity index (χ0n) is 11.0. The van der Waals surface area contributed by atoms with E-state index in [-0.39, 0.29) is 5.91 Å². The van der Waals surface area contributed by atoms with E-state index in [2.05, 4.69) is 5.32 Å². The highest BCUT2D eigenvalue weighted by Crippen LogP contribution is 2.22. The Kier molecular flexibility index (Phi) is 7.05. The molecule has 1 aliphatic rings. The third kappa shape index (κ3) is 4.59. The van der Waals surface area contributed by atoms with Crippen LogP contribution in [0.1, 0.15) is 6.92 Å². The normalized spacial score (nSPS) is 35.1. The van der Waals surface area contributed by atoms with Crippen LogP contribution in [0.25, 0.3) is 0 Å². The van der Waals surface area contributed by atoms with Gasteiger partial charge in [0.25, 0.3) is 0 Å². The van der Waals surface area contributed by atoms with Crippen molar-refractivity contribution in [2.45, 2.75) is 37.6 Å². The number of amides is 1.